The molecular weight excluding hydrogens is 207 g/mol. The average molecular weight is 224 g/mol. The van der Waals surface area contributed by atoms with Gasteiger partial charge in [-0.15, -0.1) is 0 Å². The zero-order valence-corrected chi connectivity index (χ0v) is 9.45. The van der Waals surface area contributed by atoms with E-state index in [-0.39, 0.29) is 18.2 Å². The SMILES string of the molecule is COc1ccc(C(CCO)C2CC2)cc1F. The van der Waals surface area contributed by atoms with Gasteiger partial charge in [0.05, 0.1) is 7.11 Å². The first-order valence-electron chi connectivity index (χ1n) is 5.70. The number of methoxy groups -OCH3 is 1. The molecule has 0 aromatic heterocycles. The lowest BCUT2D eigenvalue weighted by Crippen LogP contribution is -2.04. The summed E-state index contributed by atoms with van der Waals surface area (Å²) in [6.07, 6.45) is 3.10. The standard InChI is InChI=1S/C13H17FO2/c1-16-13-5-4-10(8-12(13)14)11(6-7-15)9-2-3-9/h4-5,8-9,11,15H,2-3,6-7H2,1H3. The van der Waals surface area contributed by atoms with E-state index in [4.69, 9.17) is 9.84 Å². The Hall–Kier alpha value is -1.09. The van der Waals surface area contributed by atoms with Crippen molar-refractivity contribution < 1.29 is 14.2 Å². The lowest BCUT2D eigenvalue weighted by atomic mass is 9.91. The highest BCUT2D eigenvalue weighted by molar-refractivity contribution is 5.32. The van der Waals surface area contributed by atoms with Gasteiger partial charge in [0.15, 0.2) is 11.6 Å². The maximum absolute atomic E-state index is 13.5. The minimum Gasteiger partial charge on any atom is -0.494 e. The van der Waals surface area contributed by atoms with Crippen LogP contribution in [0, 0.1) is 11.7 Å². The highest BCUT2D eigenvalue weighted by Gasteiger charge is 2.32. The maximum atomic E-state index is 13.5. The molecule has 16 heavy (non-hydrogen) atoms. The third-order valence-electron chi connectivity index (χ3n) is 3.24. The van der Waals surface area contributed by atoms with Crippen molar-refractivity contribution in [3.8, 4) is 5.75 Å². The van der Waals surface area contributed by atoms with Crippen LogP contribution in [0.1, 0.15) is 30.7 Å². The Morgan fingerprint density at radius 3 is 2.75 bits per heavy atom. The quantitative estimate of drug-likeness (QED) is 0.833. The molecule has 2 rings (SSSR count). The highest BCUT2D eigenvalue weighted by Crippen LogP contribution is 2.44. The molecule has 1 aromatic carbocycles. The number of aliphatic hydroxyl groups excluding tert-OH is 1. The summed E-state index contributed by atoms with van der Waals surface area (Å²) < 4.78 is 18.4. The van der Waals surface area contributed by atoms with Gasteiger partial charge in [0.2, 0.25) is 0 Å². The molecule has 0 radical (unpaired) electrons. The number of rotatable bonds is 5. The molecule has 1 fully saturated rings. The second kappa shape index (κ2) is 4.83. The van der Waals surface area contributed by atoms with E-state index in [9.17, 15) is 4.39 Å². The second-order valence-corrected chi connectivity index (χ2v) is 4.35. The number of hydrogen-bond donors (Lipinski definition) is 1. The van der Waals surface area contributed by atoms with Gasteiger partial charge in [0.25, 0.3) is 0 Å². The summed E-state index contributed by atoms with van der Waals surface area (Å²) in [5.74, 6) is 0.885. The molecule has 0 bridgehead atoms. The Bertz CT molecular complexity index is 361. The van der Waals surface area contributed by atoms with Gasteiger partial charge in [0.1, 0.15) is 0 Å². The normalized spacial score (nSPS) is 17.2. The minimum absolute atomic E-state index is 0.162. The molecule has 1 atom stereocenters. The van der Waals surface area contributed by atoms with E-state index < -0.39 is 0 Å². The molecule has 0 amide bonds. The third kappa shape index (κ3) is 2.35. The molecule has 0 aliphatic heterocycles. The smallest absolute Gasteiger partial charge is 0.165 e. The van der Waals surface area contributed by atoms with E-state index in [1.165, 1.54) is 26.0 Å². The predicted octanol–water partition coefficient (Wildman–Crippen LogP) is 2.71. The van der Waals surface area contributed by atoms with Crippen molar-refractivity contribution in [2.75, 3.05) is 13.7 Å². The van der Waals surface area contributed by atoms with Crippen molar-refractivity contribution in [1.29, 1.82) is 0 Å². The lowest BCUT2D eigenvalue weighted by molar-refractivity contribution is 0.269. The van der Waals surface area contributed by atoms with Crippen LogP contribution in [-0.2, 0) is 0 Å². The van der Waals surface area contributed by atoms with Gasteiger partial charge in [-0.1, -0.05) is 6.07 Å². The molecule has 2 nitrogen and oxygen atoms in total. The van der Waals surface area contributed by atoms with Crippen molar-refractivity contribution in [2.45, 2.75) is 25.2 Å². The van der Waals surface area contributed by atoms with Crippen molar-refractivity contribution in [1.82, 2.24) is 0 Å². The van der Waals surface area contributed by atoms with E-state index in [1.807, 2.05) is 6.07 Å². The fourth-order valence-electron chi connectivity index (χ4n) is 2.23. The molecule has 1 unspecified atom stereocenters. The first kappa shape index (κ1) is 11.4. The van der Waals surface area contributed by atoms with Gasteiger partial charge in [-0.2, -0.15) is 0 Å². The molecule has 0 spiro atoms. The summed E-state index contributed by atoms with van der Waals surface area (Å²) in [4.78, 5) is 0. The van der Waals surface area contributed by atoms with Crippen LogP contribution >= 0.6 is 0 Å². The Morgan fingerprint density at radius 1 is 1.50 bits per heavy atom. The third-order valence-corrected chi connectivity index (χ3v) is 3.24. The van der Waals surface area contributed by atoms with Gasteiger partial charge >= 0.3 is 0 Å². The van der Waals surface area contributed by atoms with Crippen LogP contribution in [0.4, 0.5) is 4.39 Å². The first-order valence-corrected chi connectivity index (χ1v) is 5.70. The van der Waals surface area contributed by atoms with Gasteiger partial charge in [-0.25, -0.2) is 4.39 Å². The Kier molecular flexibility index (Phi) is 3.44. The van der Waals surface area contributed by atoms with Crippen LogP contribution < -0.4 is 4.74 Å². The molecule has 1 aromatic rings. The summed E-state index contributed by atoms with van der Waals surface area (Å²) >= 11 is 0. The van der Waals surface area contributed by atoms with Gasteiger partial charge in [-0.3, -0.25) is 0 Å². The van der Waals surface area contributed by atoms with Crippen LogP contribution in [-0.4, -0.2) is 18.8 Å². The van der Waals surface area contributed by atoms with E-state index in [1.54, 1.807) is 6.07 Å². The minimum atomic E-state index is -0.316. The molecule has 1 aliphatic rings. The fraction of sp³-hybridized carbons (Fsp3) is 0.538. The van der Waals surface area contributed by atoms with Crippen molar-refractivity contribution in [3.63, 3.8) is 0 Å². The van der Waals surface area contributed by atoms with Crippen molar-refractivity contribution >= 4 is 0 Å². The summed E-state index contributed by atoms with van der Waals surface area (Å²) in [5.41, 5.74) is 0.981. The number of halogens is 1. The van der Waals surface area contributed by atoms with Crippen LogP contribution in [0.25, 0.3) is 0 Å². The molecule has 1 saturated carbocycles. The van der Waals surface area contributed by atoms with E-state index in [2.05, 4.69) is 0 Å². The first-order chi connectivity index (χ1) is 7.76. The molecule has 88 valence electrons. The Balaban J connectivity index is 2.20. The van der Waals surface area contributed by atoms with Gasteiger partial charge < -0.3 is 9.84 Å². The molecule has 3 heteroatoms. The predicted molar refractivity (Wildman–Crippen MR) is 60.1 cm³/mol. The number of hydrogen-bond acceptors (Lipinski definition) is 2. The summed E-state index contributed by atoms with van der Waals surface area (Å²) in [6, 6.07) is 5.11. The lowest BCUT2D eigenvalue weighted by Gasteiger charge is -2.16. The molecule has 1 aliphatic carbocycles. The Labute approximate surface area is 95.1 Å². The fourth-order valence-corrected chi connectivity index (χ4v) is 2.23. The average Bonchev–Trinajstić information content (AvgIpc) is 3.09. The number of ether oxygens (including phenoxy) is 1. The van der Waals surface area contributed by atoms with Crippen LogP contribution in [0.2, 0.25) is 0 Å². The summed E-state index contributed by atoms with van der Waals surface area (Å²) in [7, 11) is 1.46. The van der Waals surface area contributed by atoms with E-state index in [0.717, 1.165) is 12.0 Å². The molecule has 0 heterocycles. The van der Waals surface area contributed by atoms with Gasteiger partial charge in [0, 0.05) is 6.61 Å². The van der Waals surface area contributed by atoms with Crippen LogP contribution in [0.15, 0.2) is 18.2 Å². The largest absolute Gasteiger partial charge is 0.494 e. The monoisotopic (exact) mass is 224 g/mol. The zero-order valence-electron chi connectivity index (χ0n) is 9.45. The summed E-state index contributed by atoms with van der Waals surface area (Å²) in [6.45, 7) is 0.162. The van der Waals surface area contributed by atoms with Gasteiger partial charge in [-0.05, 0) is 48.8 Å². The van der Waals surface area contributed by atoms with Crippen molar-refractivity contribution in [3.05, 3.63) is 29.6 Å². The molecular formula is C13H17FO2. The highest BCUT2D eigenvalue weighted by atomic mass is 19.1. The number of aliphatic hydroxyl groups is 1. The number of benzene rings is 1. The molecule has 0 saturated heterocycles. The Morgan fingerprint density at radius 2 is 2.25 bits per heavy atom. The maximum Gasteiger partial charge on any atom is 0.165 e. The van der Waals surface area contributed by atoms with Crippen molar-refractivity contribution in [2.24, 2.45) is 5.92 Å². The van der Waals surface area contributed by atoms with E-state index >= 15 is 0 Å². The van der Waals surface area contributed by atoms with Crippen LogP contribution in [0.5, 0.6) is 5.75 Å². The molecule has 1 N–H and O–H groups in total. The second-order valence-electron chi connectivity index (χ2n) is 4.35. The summed E-state index contributed by atoms with van der Waals surface area (Å²) in [5, 5.41) is 9.03. The topological polar surface area (TPSA) is 29.5 Å². The van der Waals surface area contributed by atoms with Crippen LogP contribution in [0.3, 0.4) is 0 Å². The zero-order chi connectivity index (χ0) is 11.5. The van der Waals surface area contributed by atoms with E-state index in [0.29, 0.717) is 11.8 Å².